The van der Waals surface area contributed by atoms with Crippen LogP contribution in [0, 0.1) is 0 Å². The summed E-state index contributed by atoms with van der Waals surface area (Å²) < 4.78 is 6.93. The Morgan fingerprint density at radius 2 is 1.77 bits per heavy atom. The monoisotopic (exact) mass is 435 g/mol. The third kappa shape index (κ3) is 7.79. The van der Waals surface area contributed by atoms with Crippen molar-refractivity contribution < 1.29 is 19.4 Å². The van der Waals surface area contributed by atoms with Crippen molar-refractivity contribution in [2.75, 3.05) is 0 Å². The van der Waals surface area contributed by atoms with Gasteiger partial charge >= 0.3 is 12.1 Å². The van der Waals surface area contributed by atoms with Crippen LogP contribution in [0.1, 0.15) is 32.8 Å². The molecule has 0 bridgehead atoms. The summed E-state index contributed by atoms with van der Waals surface area (Å²) >= 11 is 6.77. The highest BCUT2D eigenvalue weighted by atomic mass is 79.9. The molecule has 1 unspecified atom stereocenters. The molecule has 2 N–H and O–H groups in total. The van der Waals surface area contributed by atoms with Gasteiger partial charge in [0.1, 0.15) is 5.60 Å². The van der Waals surface area contributed by atoms with Crippen molar-refractivity contribution >= 4 is 43.9 Å². The summed E-state index contributed by atoms with van der Waals surface area (Å²) in [5.41, 5.74) is 0.278. The van der Waals surface area contributed by atoms with Crippen LogP contribution in [0.25, 0.3) is 0 Å². The standard InChI is InChI=1S/C15H19Br2NO4/c1-15(2,3)22-14(21)18-12(8-13(19)20)6-9-4-10(16)7-11(17)5-9/h4-5,7,12H,6,8H2,1-3H3,(H,18,21)(H,19,20). The summed E-state index contributed by atoms with van der Waals surface area (Å²) in [5.74, 6) is -0.977. The summed E-state index contributed by atoms with van der Waals surface area (Å²) in [7, 11) is 0. The van der Waals surface area contributed by atoms with Gasteiger partial charge in [-0.3, -0.25) is 4.79 Å². The van der Waals surface area contributed by atoms with Gasteiger partial charge < -0.3 is 15.2 Å². The quantitative estimate of drug-likeness (QED) is 0.727. The van der Waals surface area contributed by atoms with E-state index in [9.17, 15) is 9.59 Å². The highest BCUT2D eigenvalue weighted by Gasteiger charge is 2.21. The first-order chi connectivity index (χ1) is 10.0. The zero-order chi connectivity index (χ0) is 16.9. The third-order valence-electron chi connectivity index (χ3n) is 2.55. The Morgan fingerprint density at radius 3 is 2.23 bits per heavy atom. The fourth-order valence-corrected chi connectivity index (χ4v) is 3.26. The van der Waals surface area contributed by atoms with Crippen molar-refractivity contribution in [2.45, 2.75) is 45.3 Å². The Hall–Kier alpha value is -1.08. The summed E-state index contributed by atoms with van der Waals surface area (Å²) in [4.78, 5) is 22.8. The molecule has 5 nitrogen and oxygen atoms in total. The SMILES string of the molecule is CC(C)(C)OC(=O)NC(CC(=O)O)Cc1cc(Br)cc(Br)c1. The second kappa shape index (κ2) is 7.97. The van der Waals surface area contributed by atoms with Gasteiger partial charge in [0.25, 0.3) is 0 Å². The molecule has 0 aliphatic rings. The molecule has 0 heterocycles. The van der Waals surface area contributed by atoms with E-state index in [1.54, 1.807) is 20.8 Å². The van der Waals surface area contributed by atoms with E-state index in [1.165, 1.54) is 0 Å². The fraction of sp³-hybridized carbons (Fsp3) is 0.467. The number of aliphatic carboxylic acids is 1. The largest absolute Gasteiger partial charge is 0.481 e. The van der Waals surface area contributed by atoms with E-state index in [4.69, 9.17) is 9.84 Å². The minimum absolute atomic E-state index is 0.177. The van der Waals surface area contributed by atoms with Crippen LogP contribution in [0.15, 0.2) is 27.1 Å². The lowest BCUT2D eigenvalue weighted by molar-refractivity contribution is -0.137. The van der Waals surface area contributed by atoms with Crippen molar-refractivity contribution in [3.63, 3.8) is 0 Å². The van der Waals surface area contributed by atoms with Gasteiger partial charge in [-0.15, -0.1) is 0 Å². The number of hydrogen-bond donors (Lipinski definition) is 2. The van der Waals surface area contributed by atoms with Crippen molar-refractivity contribution in [3.05, 3.63) is 32.7 Å². The molecule has 0 aromatic heterocycles. The second-order valence-electron chi connectivity index (χ2n) is 5.92. The average Bonchev–Trinajstić information content (AvgIpc) is 2.22. The Bertz CT molecular complexity index is 535. The molecule has 1 atom stereocenters. The van der Waals surface area contributed by atoms with Crippen LogP contribution < -0.4 is 5.32 Å². The van der Waals surface area contributed by atoms with E-state index in [2.05, 4.69) is 37.2 Å². The lowest BCUT2D eigenvalue weighted by Crippen LogP contribution is -2.41. The molecule has 0 saturated carbocycles. The van der Waals surface area contributed by atoms with Crippen molar-refractivity contribution in [1.29, 1.82) is 0 Å². The lowest BCUT2D eigenvalue weighted by atomic mass is 10.0. The number of carbonyl (C=O) groups is 2. The van der Waals surface area contributed by atoms with Gasteiger partial charge in [0.15, 0.2) is 0 Å². The molecule has 1 amide bonds. The van der Waals surface area contributed by atoms with Gasteiger partial charge in [-0.05, 0) is 51.0 Å². The molecule has 0 spiro atoms. The first-order valence-corrected chi connectivity index (χ1v) is 8.30. The number of carboxylic acids is 1. The van der Waals surface area contributed by atoms with Crippen molar-refractivity contribution in [3.8, 4) is 0 Å². The predicted octanol–water partition coefficient (Wildman–Crippen LogP) is 4.12. The molecule has 22 heavy (non-hydrogen) atoms. The highest BCUT2D eigenvalue weighted by molar-refractivity contribution is 9.11. The summed E-state index contributed by atoms with van der Waals surface area (Å²) in [6.45, 7) is 5.26. The number of amides is 1. The highest BCUT2D eigenvalue weighted by Crippen LogP contribution is 2.21. The minimum atomic E-state index is -0.977. The Kier molecular flexibility index (Phi) is 6.87. The van der Waals surface area contributed by atoms with Gasteiger partial charge in [-0.25, -0.2) is 4.79 Å². The number of halogens is 2. The maximum atomic E-state index is 11.8. The Labute approximate surface area is 146 Å². The van der Waals surface area contributed by atoms with Gasteiger partial charge in [-0.1, -0.05) is 31.9 Å². The zero-order valence-corrected chi connectivity index (χ0v) is 15.8. The smallest absolute Gasteiger partial charge is 0.407 e. The number of hydrogen-bond acceptors (Lipinski definition) is 3. The molecule has 7 heteroatoms. The molecular formula is C15H19Br2NO4. The van der Waals surface area contributed by atoms with E-state index >= 15 is 0 Å². The molecule has 0 saturated heterocycles. The average molecular weight is 437 g/mol. The number of carbonyl (C=O) groups excluding carboxylic acids is 1. The maximum absolute atomic E-state index is 11.8. The predicted molar refractivity (Wildman–Crippen MR) is 91.0 cm³/mol. The minimum Gasteiger partial charge on any atom is -0.481 e. The van der Waals surface area contributed by atoms with Gasteiger partial charge in [0.05, 0.1) is 6.42 Å². The Balaban J connectivity index is 2.80. The first kappa shape index (κ1) is 19.0. The van der Waals surface area contributed by atoms with Crippen molar-refractivity contribution in [1.82, 2.24) is 5.32 Å². The molecule has 0 aliphatic heterocycles. The molecule has 122 valence electrons. The fourth-order valence-electron chi connectivity index (χ4n) is 1.87. The third-order valence-corrected chi connectivity index (χ3v) is 3.46. The summed E-state index contributed by atoms with van der Waals surface area (Å²) in [6, 6.07) is 5.11. The van der Waals surface area contributed by atoms with E-state index in [0.29, 0.717) is 6.42 Å². The van der Waals surface area contributed by atoms with Crippen LogP contribution in [0.4, 0.5) is 4.79 Å². The molecule has 0 radical (unpaired) electrons. The molecule has 1 rings (SSSR count). The van der Waals surface area contributed by atoms with Crippen LogP contribution >= 0.6 is 31.9 Å². The Morgan fingerprint density at radius 1 is 1.23 bits per heavy atom. The topological polar surface area (TPSA) is 75.6 Å². The summed E-state index contributed by atoms with van der Waals surface area (Å²) in [5, 5.41) is 11.6. The number of benzene rings is 1. The van der Waals surface area contributed by atoms with E-state index in [1.807, 2.05) is 18.2 Å². The zero-order valence-electron chi connectivity index (χ0n) is 12.7. The van der Waals surface area contributed by atoms with Crippen molar-refractivity contribution in [2.24, 2.45) is 0 Å². The summed E-state index contributed by atoms with van der Waals surface area (Å²) in [6.07, 6.45) is -0.403. The van der Waals surface area contributed by atoms with Crippen LogP contribution in [-0.4, -0.2) is 28.8 Å². The number of carboxylic acid groups (broad SMARTS) is 1. The first-order valence-electron chi connectivity index (χ1n) is 6.71. The lowest BCUT2D eigenvalue weighted by Gasteiger charge is -2.23. The molecular weight excluding hydrogens is 418 g/mol. The molecule has 1 aromatic carbocycles. The normalized spacial score (nSPS) is 12.6. The maximum Gasteiger partial charge on any atom is 0.407 e. The van der Waals surface area contributed by atoms with Crippen LogP contribution in [0.2, 0.25) is 0 Å². The van der Waals surface area contributed by atoms with E-state index < -0.39 is 23.7 Å². The van der Waals surface area contributed by atoms with Gasteiger partial charge in [0, 0.05) is 15.0 Å². The number of nitrogens with one attached hydrogen (secondary N) is 1. The number of rotatable bonds is 5. The molecule has 0 fully saturated rings. The van der Waals surface area contributed by atoms with Gasteiger partial charge in [-0.2, -0.15) is 0 Å². The second-order valence-corrected chi connectivity index (χ2v) is 7.75. The van der Waals surface area contributed by atoms with Crippen LogP contribution in [0.3, 0.4) is 0 Å². The van der Waals surface area contributed by atoms with E-state index in [0.717, 1.165) is 14.5 Å². The molecule has 1 aromatic rings. The molecule has 0 aliphatic carbocycles. The number of ether oxygens (including phenoxy) is 1. The van der Waals surface area contributed by atoms with E-state index in [-0.39, 0.29) is 6.42 Å². The van der Waals surface area contributed by atoms with Gasteiger partial charge in [0.2, 0.25) is 0 Å². The number of alkyl carbamates (subject to hydrolysis) is 1. The van der Waals surface area contributed by atoms with Crippen LogP contribution in [0.5, 0.6) is 0 Å². The van der Waals surface area contributed by atoms with Crippen LogP contribution in [-0.2, 0) is 16.0 Å².